The van der Waals surface area contributed by atoms with E-state index in [0.717, 1.165) is 29.7 Å². The molecule has 0 saturated carbocycles. The summed E-state index contributed by atoms with van der Waals surface area (Å²) in [5.41, 5.74) is 4.39. The Morgan fingerprint density at radius 3 is 2.00 bits per heavy atom. The minimum absolute atomic E-state index is 0.133. The first-order valence-electron chi connectivity index (χ1n) is 12.1. The Morgan fingerprint density at radius 1 is 0.857 bits per heavy atom. The van der Waals surface area contributed by atoms with E-state index in [-0.39, 0.29) is 24.7 Å². The van der Waals surface area contributed by atoms with Gasteiger partial charge in [0.2, 0.25) is 11.8 Å². The maximum atomic E-state index is 12.6. The van der Waals surface area contributed by atoms with Gasteiger partial charge in [0.1, 0.15) is 5.75 Å². The summed E-state index contributed by atoms with van der Waals surface area (Å²) in [5, 5.41) is 5.82. The van der Waals surface area contributed by atoms with Crippen LogP contribution in [0, 0.1) is 0 Å². The molecule has 184 valence electrons. The summed E-state index contributed by atoms with van der Waals surface area (Å²) in [6.45, 7) is 6.11. The lowest BCUT2D eigenvalue weighted by Crippen LogP contribution is -2.17. The molecule has 0 heterocycles. The Hall–Kier alpha value is -3.86. The molecule has 0 saturated heterocycles. The topological polar surface area (TPSA) is 67.4 Å². The van der Waals surface area contributed by atoms with Crippen LogP contribution in [0.1, 0.15) is 45.6 Å². The van der Waals surface area contributed by atoms with Crippen molar-refractivity contribution in [2.24, 2.45) is 0 Å². The van der Waals surface area contributed by atoms with Crippen LogP contribution in [0.25, 0.3) is 0 Å². The Kier molecular flexibility index (Phi) is 11.8. The molecule has 2 aromatic rings. The number of amides is 2. The first-order chi connectivity index (χ1) is 17.1. The molecule has 3 rings (SSSR count). The quantitative estimate of drug-likeness (QED) is 0.434. The number of hydrogen-bond donors (Lipinski definition) is 2. The monoisotopic (exact) mass is 472 g/mol. The van der Waals surface area contributed by atoms with Crippen molar-refractivity contribution in [1.29, 1.82) is 0 Å². The standard InChI is InChI=1S/C28H30N2O3.C2H6/c1-3-8-21-9-4-5-10-22(19-21)15-18-27(31)29-25-11-6-7-12-26(25)30-28(32)20-23-13-16-24(33-2)17-14-23;1-2/h4-17H,3,18-20H2,1-2H3,(H,29,31)(H,30,32);1-2H3/b21-8-,22-15-;. The molecule has 35 heavy (non-hydrogen) atoms. The zero-order valence-corrected chi connectivity index (χ0v) is 21.1. The van der Waals surface area contributed by atoms with E-state index in [1.165, 1.54) is 5.57 Å². The third-order valence-corrected chi connectivity index (χ3v) is 5.15. The van der Waals surface area contributed by atoms with Crippen molar-refractivity contribution in [3.63, 3.8) is 0 Å². The Morgan fingerprint density at radius 2 is 1.43 bits per heavy atom. The summed E-state index contributed by atoms with van der Waals surface area (Å²) in [4.78, 5) is 25.1. The van der Waals surface area contributed by atoms with Gasteiger partial charge in [0.25, 0.3) is 0 Å². The van der Waals surface area contributed by atoms with Crippen LogP contribution in [0.4, 0.5) is 11.4 Å². The molecule has 0 aliphatic heterocycles. The number of benzene rings is 2. The van der Waals surface area contributed by atoms with Crippen molar-refractivity contribution in [3.05, 3.63) is 102 Å². The van der Waals surface area contributed by atoms with Gasteiger partial charge >= 0.3 is 0 Å². The molecule has 5 nitrogen and oxygen atoms in total. The molecule has 0 radical (unpaired) electrons. The normalized spacial score (nSPS) is 14.6. The third-order valence-electron chi connectivity index (χ3n) is 5.15. The highest BCUT2D eigenvalue weighted by atomic mass is 16.5. The maximum absolute atomic E-state index is 12.6. The first kappa shape index (κ1) is 27.4. The summed E-state index contributed by atoms with van der Waals surface area (Å²) in [6.07, 6.45) is 14.6. The predicted molar refractivity (Wildman–Crippen MR) is 146 cm³/mol. The molecule has 0 spiro atoms. The number of carbonyl (C=O) groups is 2. The van der Waals surface area contributed by atoms with Crippen molar-refractivity contribution in [3.8, 4) is 5.75 Å². The van der Waals surface area contributed by atoms with E-state index >= 15 is 0 Å². The zero-order valence-electron chi connectivity index (χ0n) is 21.1. The fraction of sp³-hybridized carbons (Fsp3) is 0.267. The maximum Gasteiger partial charge on any atom is 0.228 e. The van der Waals surface area contributed by atoms with Crippen molar-refractivity contribution in [2.45, 2.75) is 46.5 Å². The molecule has 1 aliphatic rings. The largest absolute Gasteiger partial charge is 0.497 e. The molecule has 2 amide bonds. The number of methoxy groups -OCH3 is 1. The number of nitrogens with one attached hydrogen (secondary N) is 2. The highest BCUT2D eigenvalue weighted by molar-refractivity contribution is 6.00. The van der Waals surface area contributed by atoms with Gasteiger partial charge in [-0.2, -0.15) is 0 Å². The summed E-state index contributed by atoms with van der Waals surface area (Å²) in [7, 11) is 1.61. The number of rotatable bonds is 8. The van der Waals surface area contributed by atoms with Crippen LogP contribution < -0.4 is 15.4 Å². The molecule has 0 atom stereocenters. The molecule has 0 fully saturated rings. The van der Waals surface area contributed by atoms with Crippen molar-refractivity contribution >= 4 is 23.2 Å². The average molecular weight is 473 g/mol. The van der Waals surface area contributed by atoms with E-state index in [0.29, 0.717) is 11.4 Å². The molecule has 5 heteroatoms. The van der Waals surface area contributed by atoms with Crippen molar-refractivity contribution in [2.75, 3.05) is 17.7 Å². The Labute approximate surface area is 209 Å². The highest BCUT2D eigenvalue weighted by Gasteiger charge is 2.10. The number of anilines is 2. The van der Waals surface area contributed by atoms with Crippen LogP contribution in [0.5, 0.6) is 5.75 Å². The summed E-state index contributed by atoms with van der Waals surface area (Å²) in [5.74, 6) is 0.455. The molecule has 0 aromatic heterocycles. The van der Waals surface area contributed by atoms with Gasteiger partial charge in [-0.3, -0.25) is 9.59 Å². The lowest BCUT2D eigenvalue weighted by molar-refractivity contribution is -0.116. The van der Waals surface area contributed by atoms with E-state index < -0.39 is 0 Å². The molecular formula is C30H36N2O3. The van der Waals surface area contributed by atoms with Crippen molar-refractivity contribution in [1.82, 2.24) is 0 Å². The molecule has 2 aromatic carbocycles. The fourth-order valence-electron chi connectivity index (χ4n) is 3.50. The second-order valence-electron chi connectivity index (χ2n) is 7.73. The lowest BCUT2D eigenvalue weighted by atomic mass is 10.0. The second-order valence-corrected chi connectivity index (χ2v) is 7.73. The van der Waals surface area contributed by atoms with Crippen LogP contribution in [0.15, 0.2) is 96.1 Å². The van der Waals surface area contributed by atoms with E-state index in [1.54, 1.807) is 19.2 Å². The third kappa shape index (κ3) is 9.49. The van der Waals surface area contributed by atoms with E-state index in [9.17, 15) is 9.59 Å². The number of para-hydroxylation sites is 2. The number of allylic oxidation sites excluding steroid dienone is 7. The van der Waals surface area contributed by atoms with Gasteiger partial charge in [0.15, 0.2) is 0 Å². The lowest BCUT2D eigenvalue weighted by Gasteiger charge is -2.12. The van der Waals surface area contributed by atoms with Crippen LogP contribution in [-0.4, -0.2) is 18.9 Å². The molecule has 0 bridgehead atoms. The SMILES string of the molecule is CC.CC/C=C1/C=CC=C/C(=C/CC(=O)Nc2ccccc2NC(=O)Cc2ccc(OC)cc2)C1. The fourth-order valence-corrected chi connectivity index (χ4v) is 3.50. The van der Waals surface area contributed by atoms with Crippen LogP contribution in [0.3, 0.4) is 0 Å². The van der Waals surface area contributed by atoms with Gasteiger partial charge in [0.05, 0.1) is 24.9 Å². The average Bonchev–Trinajstić information content (AvgIpc) is 3.11. The summed E-state index contributed by atoms with van der Waals surface area (Å²) >= 11 is 0. The smallest absolute Gasteiger partial charge is 0.228 e. The molecule has 2 N–H and O–H groups in total. The number of hydrogen-bond acceptors (Lipinski definition) is 3. The van der Waals surface area contributed by atoms with Gasteiger partial charge in [0, 0.05) is 6.42 Å². The van der Waals surface area contributed by atoms with Gasteiger partial charge in [-0.05, 0) is 53.8 Å². The van der Waals surface area contributed by atoms with E-state index in [1.807, 2.05) is 74.5 Å². The molecule has 1 aliphatic carbocycles. The van der Waals surface area contributed by atoms with Crippen LogP contribution >= 0.6 is 0 Å². The summed E-state index contributed by atoms with van der Waals surface area (Å²) in [6, 6.07) is 14.6. The minimum Gasteiger partial charge on any atom is -0.497 e. The summed E-state index contributed by atoms with van der Waals surface area (Å²) < 4.78 is 5.15. The number of carbonyl (C=O) groups excluding carboxylic acids is 2. The van der Waals surface area contributed by atoms with E-state index in [4.69, 9.17) is 4.74 Å². The Bertz CT molecular complexity index is 1090. The number of ether oxygens (including phenoxy) is 1. The minimum atomic E-state index is -0.157. The van der Waals surface area contributed by atoms with Gasteiger partial charge in [-0.15, -0.1) is 0 Å². The second kappa shape index (κ2) is 15.1. The molecular weight excluding hydrogens is 436 g/mol. The Balaban J connectivity index is 0.00000210. The highest BCUT2D eigenvalue weighted by Crippen LogP contribution is 2.23. The van der Waals surface area contributed by atoms with Crippen molar-refractivity contribution < 1.29 is 14.3 Å². The van der Waals surface area contributed by atoms with Gasteiger partial charge in [-0.1, -0.05) is 81.5 Å². The zero-order chi connectivity index (χ0) is 25.5. The first-order valence-corrected chi connectivity index (χ1v) is 12.1. The van der Waals surface area contributed by atoms with Gasteiger partial charge < -0.3 is 15.4 Å². The predicted octanol–water partition coefficient (Wildman–Crippen LogP) is 7.01. The van der Waals surface area contributed by atoms with E-state index in [2.05, 4.69) is 29.7 Å². The van der Waals surface area contributed by atoms with Crippen LogP contribution in [-0.2, 0) is 16.0 Å². The van der Waals surface area contributed by atoms with Gasteiger partial charge in [-0.25, -0.2) is 0 Å². The van der Waals surface area contributed by atoms with Crippen LogP contribution in [0.2, 0.25) is 0 Å². The molecule has 0 unspecified atom stereocenters.